The van der Waals surface area contributed by atoms with Gasteiger partial charge < -0.3 is 0 Å². The summed E-state index contributed by atoms with van der Waals surface area (Å²) in [6, 6.07) is 17.8. The van der Waals surface area contributed by atoms with Gasteiger partial charge in [-0.3, -0.25) is 0 Å². The smallest absolute Gasteiger partial charge is 0.143 e. The van der Waals surface area contributed by atoms with E-state index in [1.165, 1.54) is 60.1 Å². The Morgan fingerprint density at radius 2 is 1.00 bits per heavy atom. The minimum atomic E-state index is 1.01. The van der Waals surface area contributed by atoms with Crippen LogP contribution in [-0.4, -0.2) is 20.4 Å². The maximum Gasteiger partial charge on any atom is 0.147 e. The van der Waals surface area contributed by atoms with Crippen LogP contribution in [-0.2, 0) is 12.8 Å². The summed E-state index contributed by atoms with van der Waals surface area (Å²) in [6.45, 7) is 4.46. The second-order valence-electron chi connectivity index (χ2n) is 8.89. The van der Waals surface area contributed by atoms with Crippen molar-refractivity contribution in [3.63, 3.8) is 0 Å². The molecule has 0 atom stereocenters. The molecule has 3 aromatic carbocycles. The first kappa shape index (κ1) is 23.1. The standard InChI is InChI=1S/C28H30N4S2/c1-3-5-7-9-25-29-31-27(33-25)21-13-11-19-16-24-18-22(14-12-20(24)15-23(19)17-21)28-32-30-26(34-28)10-8-6-4-2/h11-18H,3-10H2,1-2H3. The van der Waals surface area contributed by atoms with Crippen LogP contribution in [0.25, 0.3) is 42.7 Å². The second-order valence-corrected chi connectivity index (χ2v) is 11.0. The van der Waals surface area contributed by atoms with Gasteiger partial charge in [-0.25, -0.2) is 0 Å². The van der Waals surface area contributed by atoms with Crippen molar-refractivity contribution in [2.45, 2.75) is 65.2 Å². The van der Waals surface area contributed by atoms with Gasteiger partial charge in [0.05, 0.1) is 0 Å². The van der Waals surface area contributed by atoms with E-state index in [4.69, 9.17) is 0 Å². The summed E-state index contributed by atoms with van der Waals surface area (Å²) in [5.41, 5.74) is 2.29. The molecule has 0 radical (unpaired) electrons. The third-order valence-electron chi connectivity index (χ3n) is 6.21. The lowest BCUT2D eigenvalue weighted by Gasteiger charge is -2.06. The molecule has 5 rings (SSSR count). The van der Waals surface area contributed by atoms with Gasteiger partial charge in [0.25, 0.3) is 0 Å². The molecule has 174 valence electrons. The van der Waals surface area contributed by atoms with E-state index >= 15 is 0 Å². The Morgan fingerprint density at radius 3 is 1.44 bits per heavy atom. The monoisotopic (exact) mass is 486 g/mol. The molecule has 0 amide bonds. The highest BCUT2D eigenvalue weighted by Gasteiger charge is 2.10. The average molecular weight is 487 g/mol. The maximum atomic E-state index is 4.46. The predicted octanol–water partition coefficient (Wildman–Crippen LogP) is 8.50. The third-order valence-corrected chi connectivity index (χ3v) is 8.28. The fourth-order valence-electron chi connectivity index (χ4n) is 4.26. The van der Waals surface area contributed by atoms with Crippen LogP contribution in [0.2, 0.25) is 0 Å². The highest BCUT2D eigenvalue weighted by atomic mass is 32.1. The van der Waals surface area contributed by atoms with E-state index in [-0.39, 0.29) is 0 Å². The molecule has 0 N–H and O–H groups in total. The van der Waals surface area contributed by atoms with Crippen molar-refractivity contribution in [3.8, 4) is 21.1 Å². The molecule has 0 spiro atoms. The Hall–Kier alpha value is -2.70. The van der Waals surface area contributed by atoms with E-state index in [9.17, 15) is 0 Å². The van der Waals surface area contributed by atoms with Crippen molar-refractivity contribution in [1.82, 2.24) is 20.4 Å². The van der Waals surface area contributed by atoms with E-state index < -0.39 is 0 Å². The molecular formula is C28H30N4S2. The Bertz CT molecular complexity index is 1290. The van der Waals surface area contributed by atoms with Gasteiger partial charge in [0.2, 0.25) is 0 Å². The Labute approximate surface area is 209 Å². The normalized spacial score (nSPS) is 11.6. The summed E-state index contributed by atoms with van der Waals surface area (Å²) in [7, 11) is 0. The Kier molecular flexibility index (Phi) is 7.26. The van der Waals surface area contributed by atoms with Crippen molar-refractivity contribution >= 4 is 44.2 Å². The quantitative estimate of drug-likeness (QED) is 0.147. The number of aryl methyl sites for hydroxylation is 2. The van der Waals surface area contributed by atoms with Crippen molar-refractivity contribution in [1.29, 1.82) is 0 Å². The maximum absolute atomic E-state index is 4.46. The number of nitrogens with zero attached hydrogens (tertiary/aromatic N) is 4. The molecule has 0 aliphatic carbocycles. The van der Waals surface area contributed by atoms with Crippen molar-refractivity contribution in [2.24, 2.45) is 0 Å². The number of fused-ring (bicyclic) bond motifs is 2. The zero-order chi connectivity index (χ0) is 23.3. The summed E-state index contributed by atoms with van der Waals surface area (Å²) in [5, 5.41) is 27.0. The zero-order valence-corrected chi connectivity index (χ0v) is 21.5. The van der Waals surface area contributed by atoms with E-state index in [0.29, 0.717) is 0 Å². The van der Waals surface area contributed by atoms with Crippen LogP contribution in [0.4, 0.5) is 0 Å². The summed E-state index contributed by atoms with van der Waals surface area (Å²) >= 11 is 3.44. The number of unbranched alkanes of at least 4 members (excludes halogenated alkanes) is 4. The summed E-state index contributed by atoms with van der Waals surface area (Å²) in [5.74, 6) is 0. The van der Waals surface area contributed by atoms with Crippen molar-refractivity contribution in [3.05, 3.63) is 58.5 Å². The lowest BCUT2D eigenvalue weighted by Crippen LogP contribution is -1.83. The number of hydrogen-bond acceptors (Lipinski definition) is 6. The fourth-order valence-corrected chi connectivity index (χ4v) is 6.01. The molecule has 2 heterocycles. The van der Waals surface area contributed by atoms with Crippen LogP contribution in [0, 0.1) is 0 Å². The SMILES string of the molecule is CCCCCc1nnc(-c2ccc3cc4cc(-c5nnc(CCCCC)s5)ccc4cc3c2)s1. The first-order valence-corrected chi connectivity index (χ1v) is 14.0. The van der Waals surface area contributed by atoms with Gasteiger partial charge >= 0.3 is 0 Å². The predicted molar refractivity (Wildman–Crippen MR) is 146 cm³/mol. The van der Waals surface area contributed by atoms with Gasteiger partial charge in [0.15, 0.2) is 0 Å². The molecule has 0 saturated carbocycles. The number of hydrogen-bond donors (Lipinski definition) is 0. The second kappa shape index (κ2) is 10.7. The molecule has 6 heteroatoms. The van der Waals surface area contributed by atoms with Crippen LogP contribution in [0.1, 0.15) is 62.4 Å². The summed E-state index contributed by atoms with van der Waals surface area (Å²) in [4.78, 5) is 0. The molecule has 0 saturated heterocycles. The lowest BCUT2D eigenvalue weighted by atomic mass is 10.0. The average Bonchev–Trinajstić information content (AvgIpc) is 3.53. The molecule has 34 heavy (non-hydrogen) atoms. The van der Waals surface area contributed by atoms with Crippen LogP contribution in [0.5, 0.6) is 0 Å². The van der Waals surface area contributed by atoms with Crippen molar-refractivity contribution in [2.75, 3.05) is 0 Å². The number of benzene rings is 3. The fraction of sp³-hybridized carbons (Fsp3) is 0.357. The van der Waals surface area contributed by atoms with Gasteiger partial charge in [0.1, 0.15) is 20.0 Å². The van der Waals surface area contributed by atoms with E-state index in [0.717, 1.165) is 44.0 Å². The largest absolute Gasteiger partial charge is 0.147 e. The van der Waals surface area contributed by atoms with E-state index in [1.54, 1.807) is 22.7 Å². The molecule has 0 bridgehead atoms. The Balaban J connectivity index is 1.39. The first-order chi connectivity index (χ1) is 16.7. The van der Waals surface area contributed by atoms with Gasteiger partial charge in [-0.1, -0.05) is 86.5 Å². The minimum Gasteiger partial charge on any atom is -0.143 e. The molecule has 0 aliphatic heterocycles. The van der Waals surface area contributed by atoms with E-state index in [1.807, 2.05) is 0 Å². The molecule has 0 unspecified atom stereocenters. The van der Waals surface area contributed by atoms with Crippen LogP contribution >= 0.6 is 22.7 Å². The third kappa shape index (κ3) is 5.18. The minimum absolute atomic E-state index is 1.01. The highest BCUT2D eigenvalue weighted by molar-refractivity contribution is 7.15. The van der Waals surface area contributed by atoms with Crippen molar-refractivity contribution < 1.29 is 0 Å². The van der Waals surface area contributed by atoms with E-state index in [2.05, 4.69) is 82.8 Å². The van der Waals surface area contributed by atoms with Gasteiger partial charge in [-0.2, -0.15) is 0 Å². The molecule has 0 fully saturated rings. The molecule has 5 aromatic rings. The summed E-state index contributed by atoms with van der Waals surface area (Å²) < 4.78 is 0. The van der Waals surface area contributed by atoms with Crippen LogP contribution < -0.4 is 0 Å². The van der Waals surface area contributed by atoms with Gasteiger partial charge in [0, 0.05) is 24.0 Å². The van der Waals surface area contributed by atoms with Crippen LogP contribution in [0.15, 0.2) is 48.5 Å². The number of aromatic nitrogens is 4. The highest BCUT2D eigenvalue weighted by Crippen LogP contribution is 2.32. The van der Waals surface area contributed by atoms with Crippen LogP contribution in [0.3, 0.4) is 0 Å². The molecule has 2 aromatic heterocycles. The molecule has 0 aliphatic rings. The number of rotatable bonds is 10. The molecular weight excluding hydrogens is 456 g/mol. The van der Waals surface area contributed by atoms with Gasteiger partial charge in [-0.05, 0) is 58.7 Å². The molecule has 4 nitrogen and oxygen atoms in total. The Morgan fingerprint density at radius 1 is 0.529 bits per heavy atom. The summed E-state index contributed by atoms with van der Waals surface area (Å²) in [6.07, 6.45) is 9.39. The van der Waals surface area contributed by atoms with Gasteiger partial charge in [-0.15, -0.1) is 20.4 Å². The lowest BCUT2D eigenvalue weighted by molar-refractivity contribution is 0.710. The topological polar surface area (TPSA) is 51.6 Å². The zero-order valence-electron chi connectivity index (χ0n) is 19.9. The first-order valence-electron chi connectivity index (χ1n) is 12.4.